The number of para-hydroxylation sites is 1. The van der Waals surface area contributed by atoms with Gasteiger partial charge < -0.3 is 20.3 Å². The van der Waals surface area contributed by atoms with Gasteiger partial charge in [0.15, 0.2) is 12.6 Å². The fraction of sp³-hybridized carbons (Fsp3) is 0.400. The molecule has 1 aromatic heterocycles. The maximum Gasteiger partial charge on any atom is 0.422 e. The highest BCUT2D eigenvalue weighted by atomic mass is 19.4. The van der Waals surface area contributed by atoms with Crippen molar-refractivity contribution in [2.75, 3.05) is 31.6 Å². The van der Waals surface area contributed by atoms with Crippen LogP contribution in [-0.2, 0) is 6.54 Å². The minimum absolute atomic E-state index is 0.0337. The van der Waals surface area contributed by atoms with Crippen molar-refractivity contribution in [3.05, 3.63) is 53.7 Å². The van der Waals surface area contributed by atoms with Crippen LogP contribution in [0.2, 0.25) is 0 Å². The Bertz CT molecular complexity index is 884. The zero-order chi connectivity index (χ0) is 22.4. The summed E-state index contributed by atoms with van der Waals surface area (Å²) in [5.74, 6) is -0.829. The number of nitrogens with zero attached hydrogens (tertiary/aromatic N) is 3. The first-order valence-electron chi connectivity index (χ1n) is 9.56. The number of aromatic nitrogens is 1. The summed E-state index contributed by atoms with van der Waals surface area (Å²) in [7, 11) is 1.59. The fourth-order valence-corrected chi connectivity index (χ4v) is 3.20. The highest BCUT2D eigenvalue weighted by Crippen LogP contribution is 2.26. The Labute approximate surface area is 176 Å². The Balaban J connectivity index is 1.49. The van der Waals surface area contributed by atoms with E-state index >= 15 is 0 Å². The Morgan fingerprint density at radius 2 is 1.97 bits per heavy atom. The first kappa shape index (κ1) is 22.6. The number of benzene rings is 1. The zero-order valence-electron chi connectivity index (χ0n) is 16.7. The van der Waals surface area contributed by atoms with Crippen molar-refractivity contribution in [2.45, 2.75) is 25.2 Å². The molecule has 1 aliphatic rings. The van der Waals surface area contributed by atoms with Crippen molar-refractivity contribution in [1.29, 1.82) is 0 Å². The molecule has 0 aliphatic carbocycles. The second kappa shape index (κ2) is 9.80. The molecule has 3 rings (SSSR count). The third-order valence-electron chi connectivity index (χ3n) is 4.65. The lowest BCUT2D eigenvalue weighted by molar-refractivity contribution is -0.154. The Morgan fingerprint density at radius 1 is 1.23 bits per heavy atom. The van der Waals surface area contributed by atoms with E-state index < -0.39 is 24.4 Å². The number of nitrogens with one attached hydrogen (secondary N) is 2. The molecule has 1 aliphatic heterocycles. The molecular weight excluding hydrogens is 421 g/mol. The molecule has 0 bridgehead atoms. The normalized spacial score (nSPS) is 17.0. The molecule has 2 heterocycles. The van der Waals surface area contributed by atoms with Gasteiger partial charge in [-0.2, -0.15) is 13.2 Å². The van der Waals surface area contributed by atoms with Crippen LogP contribution in [0.5, 0.6) is 5.88 Å². The number of ether oxygens (including phenoxy) is 1. The lowest BCUT2D eigenvalue weighted by Crippen LogP contribution is -2.44. The number of halogens is 5. The summed E-state index contributed by atoms with van der Waals surface area (Å²) in [6, 6.07) is 6.67. The summed E-state index contributed by atoms with van der Waals surface area (Å²) in [6.07, 6.45) is -2.35. The number of hydrogen-bond acceptors (Lipinski definition) is 4. The quantitative estimate of drug-likeness (QED) is 0.408. The van der Waals surface area contributed by atoms with Gasteiger partial charge in [0.05, 0.1) is 0 Å². The molecule has 2 aromatic rings. The molecule has 11 heteroatoms. The van der Waals surface area contributed by atoms with Crippen molar-refractivity contribution in [2.24, 2.45) is 4.99 Å². The van der Waals surface area contributed by atoms with Gasteiger partial charge in [0, 0.05) is 45.0 Å². The SMILES string of the molecule is CN=C(NCc1ccc(OCC(F)(F)F)nc1)NC1CCN(c2c(F)cccc2F)C1. The van der Waals surface area contributed by atoms with Gasteiger partial charge in [0.25, 0.3) is 0 Å². The van der Waals surface area contributed by atoms with Crippen LogP contribution in [0, 0.1) is 11.6 Å². The van der Waals surface area contributed by atoms with Gasteiger partial charge in [-0.1, -0.05) is 12.1 Å². The van der Waals surface area contributed by atoms with Gasteiger partial charge in [0.1, 0.15) is 17.3 Å². The Morgan fingerprint density at radius 3 is 2.58 bits per heavy atom. The van der Waals surface area contributed by atoms with Crippen molar-refractivity contribution < 1.29 is 26.7 Å². The molecule has 1 unspecified atom stereocenters. The van der Waals surface area contributed by atoms with E-state index in [1.54, 1.807) is 18.0 Å². The lowest BCUT2D eigenvalue weighted by atomic mass is 10.2. The summed E-state index contributed by atoms with van der Waals surface area (Å²) in [5.41, 5.74) is 0.678. The molecule has 1 saturated heterocycles. The van der Waals surface area contributed by atoms with Crippen LogP contribution in [0.1, 0.15) is 12.0 Å². The number of anilines is 1. The summed E-state index contributed by atoms with van der Waals surface area (Å²) >= 11 is 0. The summed E-state index contributed by atoms with van der Waals surface area (Å²) in [6.45, 7) is -0.172. The van der Waals surface area contributed by atoms with Crippen molar-refractivity contribution in [3.8, 4) is 5.88 Å². The molecule has 0 saturated carbocycles. The minimum atomic E-state index is -4.42. The second-order valence-corrected chi connectivity index (χ2v) is 6.98. The highest BCUT2D eigenvalue weighted by molar-refractivity contribution is 5.80. The van der Waals surface area contributed by atoms with Crippen LogP contribution in [0.15, 0.2) is 41.5 Å². The van der Waals surface area contributed by atoms with E-state index in [1.807, 2.05) is 0 Å². The standard InChI is InChI=1S/C20H22F5N5O/c1-26-19(28-10-13-5-6-17(27-9-13)31-12-20(23,24)25)29-14-7-8-30(11-14)18-15(21)3-2-4-16(18)22/h2-6,9,14H,7-8,10-12H2,1H3,(H2,26,28,29). The van der Waals surface area contributed by atoms with Crippen LogP contribution in [-0.4, -0.2) is 49.9 Å². The van der Waals surface area contributed by atoms with Gasteiger partial charge in [-0.15, -0.1) is 0 Å². The largest absolute Gasteiger partial charge is 0.468 e. The van der Waals surface area contributed by atoms with Crippen molar-refractivity contribution in [1.82, 2.24) is 15.6 Å². The Hall–Kier alpha value is -3.11. The van der Waals surface area contributed by atoms with E-state index in [2.05, 4.69) is 25.3 Å². The monoisotopic (exact) mass is 443 g/mol. The number of aliphatic imine (C=N–C) groups is 1. The van der Waals surface area contributed by atoms with Crippen LogP contribution in [0.4, 0.5) is 27.6 Å². The topological polar surface area (TPSA) is 61.8 Å². The molecule has 1 aromatic carbocycles. The van der Waals surface area contributed by atoms with E-state index in [4.69, 9.17) is 0 Å². The van der Waals surface area contributed by atoms with E-state index in [9.17, 15) is 22.0 Å². The third-order valence-corrected chi connectivity index (χ3v) is 4.65. The first-order valence-corrected chi connectivity index (χ1v) is 9.56. The molecule has 31 heavy (non-hydrogen) atoms. The van der Waals surface area contributed by atoms with E-state index in [1.165, 1.54) is 30.5 Å². The van der Waals surface area contributed by atoms with Gasteiger partial charge >= 0.3 is 6.18 Å². The molecular formula is C20H22F5N5O. The summed E-state index contributed by atoms with van der Waals surface area (Å²) in [5, 5.41) is 6.28. The van der Waals surface area contributed by atoms with Crippen LogP contribution < -0.4 is 20.3 Å². The minimum Gasteiger partial charge on any atom is -0.468 e. The van der Waals surface area contributed by atoms with Crippen molar-refractivity contribution in [3.63, 3.8) is 0 Å². The zero-order valence-corrected chi connectivity index (χ0v) is 16.7. The molecule has 0 amide bonds. The maximum atomic E-state index is 14.0. The van der Waals surface area contributed by atoms with Crippen molar-refractivity contribution >= 4 is 11.6 Å². The molecule has 0 radical (unpaired) electrons. The van der Waals surface area contributed by atoms with E-state index in [-0.39, 0.29) is 17.6 Å². The van der Waals surface area contributed by atoms with Gasteiger partial charge in [-0.05, 0) is 24.1 Å². The van der Waals surface area contributed by atoms with E-state index in [0.717, 1.165) is 0 Å². The number of rotatable bonds is 6. The molecule has 1 fully saturated rings. The average Bonchev–Trinajstić information content (AvgIpc) is 3.17. The molecule has 2 N–H and O–H groups in total. The molecule has 6 nitrogen and oxygen atoms in total. The summed E-state index contributed by atoms with van der Waals surface area (Å²) < 4.78 is 69.1. The number of alkyl halides is 3. The van der Waals surface area contributed by atoms with Crippen LogP contribution in [0.3, 0.4) is 0 Å². The smallest absolute Gasteiger partial charge is 0.422 e. The second-order valence-electron chi connectivity index (χ2n) is 6.98. The number of hydrogen-bond donors (Lipinski definition) is 2. The first-order chi connectivity index (χ1) is 14.7. The molecule has 1 atom stereocenters. The summed E-state index contributed by atoms with van der Waals surface area (Å²) in [4.78, 5) is 9.63. The molecule has 168 valence electrons. The average molecular weight is 443 g/mol. The number of guanidine groups is 1. The predicted octanol–water partition coefficient (Wildman–Crippen LogP) is 3.24. The van der Waals surface area contributed by atoms with Crippen LogP contribution >= 0.6 is 0 Å². The van der Waals surface area contributed by atoms with Gasteiger partial charge in [0.2, 0.25) is 5.88 Å². The van der Waals surface area contributed by atoms with Gasteiger partial charge in [-0.3, -0.25) is 4.99 Å². The highest BCUT2D eigenvalue weighted by Gasteiger charge is 2.29. The molecule has 0 spiro atoms. The maximum absolute atomic E-state index is 14.0. The number of pyridine rings is 1. The van der Waals surface area contributed by atoms with Crippen LogP contribution in [0.25, 0.3) is 0 Å². The predicted molar refractivity (Wildman–Crippen MR) is 106 cm³/mol. The van der Waals surface area contributed by atoms with Gasteiger partial charge in [-0.25, -0.2) is 13.8 Å². The Kier molecular flexibility index (Phi) is 7.13. The fourth-order valence-electron chi connectivity index (χ4n) is 3.20. The lowest BCUT2D eigenvalue weighted by Gasteiger charge is -2.21. The third kappa shape index (κ3) is 6.43. The van der Waals surface area contributed by atoms with E-state index in [0.29, 0.717) is 37.6 Å².